The summed E-state index contributed by atoms with van der Waals surface area (Å²) in [6, 6.07) is 5.37. The minimum Gasteiger partial charge on any atom is -0.486 e. The van der Waals surface area contributed by atoms with E-state index in [0.717, 1.165) is 25.8 Å². The van der Waals surface area contributed by atoms with Crippen LogP contribution < -0.4 is 20.5 Å². The quantitative estimate of drug-likeness (QED) is 0.848. The van der Waals surface area contributed by atoms with Gasteiger partial charge in [0, 0.05) is 24.8 Å². The van der Waals surface area contributed by atoms with Crippen LogP contribution in [-0.2, 0) is 9.59 Å². The number of fused-ring (bicyclic) bond motifs is 2. The highest BCUT2D eigenvalue weighted by Crippen LogP contribution is 2.48. The molecule has 7 heteroatoms. The maximum Gasteiger partial charge on any atom is 0.238 e. The molecule has 2 heterocycles. The molecule has 1 aromatic rings. The number of amides is 2. The summed E-state index contributed by atoms with van der Waals surface area (Å²) in [6.45, 7) is 2.66. The van der Waals surface area contributed by atoms with Crippen molar-refractivity contribution in [2.24, 2.45) is 17.1 Å². The Kier molecular flexibility index (Phi) is 4.03. The van der Waals surface area contributed by atoms with Crippen LogP contribution in [0, 0.1) is 11.3 Å². The van der Waals surface area contributed by atoms with E-state index in [-0.39, 0.29) is 24.3 Å². The highest BCUT2D eigenvalue weighted by Gasteiger charge is 2.53. The second-order valence-electron chi connectivity index (χ2n) is 7.19. The van der Waals surface area contributed by atoms with E-state index in [9.17, 15) is 9.59 Å². The number of nitrogens with one attached hydrogen (secondary N) is 1. The zero-order chi connectivity index (χ0) is 17.4. The molecule has 2 amide bonds. The molecule has 3 aliphatic rings. The van der Waals surface area contributed by atoms with Crippen molar-refractivity contribution in [1.82, 2.24) is 4.90 Å². The van der Waals surface area contributed by atoms with Gasteiger partial charge in [-0.1, -0.05) is 6.42 Å². The van der Waals surface area contributed by atoms with Crippen LogP contribution in [0.3, 0.4) is 0 Å². The Morgan fingerprint density at radius 3 is 2.84 bits per heavy atom. The predicted molar refractivity (Wildman–Crippen MR) is 91.5 cm³/mol. The fourth-order valence-electron chi connectivity index (χ4n) is 4.44. The highest BCUT2D eigenvalue weighted by molar-refractivity contribution is 5.92. The SMILES string of the molecule is NC(=O)[C@]12CCC[C@H]1CN(CC(=O)Nc1ccc3c(c1)OCCO3)C2. The first-order valence-electron chi connectivity index (χ1n) is 8.79. The van der Waals surface area contributed by atoms with Crippen molar-refractivity contribution in [2.45, 2.75) is 19.3 Å². The van der Waals surface area contributed by atoms with E-state index in [0.29, 0.717) is 36.9 Å². The summed E-state index contributed by atoms with van der Waals surface area (Å²) >= 11 is 0. The van der Waals surface area contributed by atoms with Crippen molar-refractivity contribution in [1.29, 1.82) is 0 Å². The largest absolute Gasteiger partial charge is 0.486 e. The number of nitrogens with two attached hydrogens (primary N) is 1. The zero-order valence-electron chi connectivity index (χ0n) is 14.1. The Labute approximate surface area is 146 Å². The molecule has 0 spiro atoms. The van der Waals surface area contributed by atoms with Gasteiger partial charge in [0.25, 0.3) is 0 Å². The number of benzene rings is 1. The lowest BCUT2D eigenvalue weighted by Crippen LogP contribution is -2.41. The first-order valence-corrected chi connectivity index (χ1v) is 8.79. The van der Waals surface area contributed by atoms with Crippen LogP contribution in [0.2, 0.25) is 0 Å². The number of carbonyl (C=O) groups excluding carboxylic acids is 2. The molecular weight excluding hydrogens is 322 g/mol. The number of carbonyl (C=O) groups is 2. The lowest BCUT2D eigenvalue weighted by atomic mass is 9.80. The molecule has 0 radical (unpaired) electrons. The van der Waals surface area contributed by atoms with Gasteiger partial charge in [-0.15, -0.1) is 0 Å². The fraction of sp³-hybridized carbons (Fsp3) is 0.556. The average Bonchev–Trinajstić information content (AvgIpc) is 3.12. The summed E-state index contributed by atoms with van der Waals surface area (Å²) in [5, 5.41) is 2.89. The molecule has 3 N–H and O–H groups in total. The van der Waals surface area contributed by atoms with E-state index >= 15 is 0 Å². The van der Waals surface area contributed by atoms with Gasteiger partial charge in [0.15, 0.2) is 11.5 Å². The molecule has 134 valence electrons. The molecule has 2 aliphatic heterocycles. The van der Waals surface area contributed by atoms with Gasteiger partial charge in [0.1, 0.15) is 13.2 Å². The number of rotatable bonds is 4. The number of anilines is 1. The zero-order valence-corrected chi connectivity index (χ0v) is 14.1. The van der Waals surface area contributed by atoms with Crippen LogP contribution in [0.1, 0.15) is 19.3 Å². The predicted octanol–water partition coefficient (Wildman–Crippen LogP) is 0.984. The number of primary amides is 1. The van der Waals surface area contributed by atoms with Gasteiger partial charge >= 0.3 is 0 Å². The molecule has 4 rings (SSSR count). The summed E-state index contributed by atoms with van der Waals surface area (Å²) < 4.78 is 11.0. The molecule has 0 unspecified atom stereocenters. The molecule has 1 saturated heterocycles. The third kappa shape index (κ3) is 2.93. The van der Waals surface area contributed by atoms with Crippen molar-refractivity contribution in [3.05, 3.63) is 18.2 Å². The summed E-state index contributed by atoms with van der Waals surface area (Å²) in [7, 11) is 0. The second-order valence-corrected chi connectivity index (χ2v) is 7.19. The van der Waals surface area contributed by atoms with Crippen molar-refractivity contribution in [3.63, 3.8) is 0 Å². The summed E-state index contributed by atoms with van der Waals surface area (Å²) in [5.74, 6) is 1.31. The van der Waals surface area contributed by atoms with Crippen LogP contribution in [0.15, 0.2) is 18.2 Å². The first kappa shape index (κ1) is 16.2. The van der Waals surface area contributed by atoms with E-state index in [2.05, 4.69) is 5.32 Å². The average molecular weight is 345 g/mol. The van der Waals surface area contributed by atoms with Gasteiger partial charge < -0.3 is 20.5 Å². The van der Waals surface area contributed by atoms with Crippen LogP contribution in [0.25, 0.3) is 0 Å². The molecule has 1 aromatic carbocycles. The molecule has 2 fully saturated rings. The second kappa shape index (κ2) is 6.22. The van der Waals surface area contributed by atoms with Gasteiger partial charge in [0.2, 0.25) is 11.8 Å². The Bertz CT molecular complexity index is 708. The topological polar surface area (TPSA) is 93.9 Å². The first-order chi connectivity index (χ1) is 12.1. The van der Waals surface area contributed by atoms with E-state index in [1.54, 1.807) is 18.2 Å². The normalized spacial score (nSPS) is 27.8. The van der Waals surface area contributed by atoms with Gasteiger partial charge in [-0.05, 0) is 30.9 Å². The third-order valence-corrected chi connectivity index (χ3v) is 5.63. The number of ether oxygens (including phenoxy) is 2. The Balaban J connectivity index is 1.38. The van der Waals surface area contributed by atoms with Crippen LogP contribution in [0.5, 0.6) is 11.5 Å². The van der Waals surface area contributed by atoms with E-state index in [1.807, 2.05) is 4.90 Å². The van der Waals surface area contributed by atoms with Crippen molar-refractivity contribution >= 4 is 17.5 Å². The highest BCUT2D eigenvalue weighted by atomic mass is 16.6. The maximum atomic E-state index is 12.4. The smallest absolute Gasteiger partial charge is 0.238 e. The van der Waals surface area contributed by atoms with Gasteiger partial charge in [-0.2, -0.15) is 0 Å². The monoisotopic (exact) mass is 345 g/mol. The standard InChI is InChI=1S/C18H23N3O4/c19-17(23)18-5-1-2-12(18)9-21(11-18)10-16(22)20-13-3-4-14-15(8-13)25-7-6-24-14/h3-4,8,12H,1-2,5-7,9-11H2,(H2,19,23)(H,20,22)/t12-,18-/m0/s1. The number of hydrogen-bond acceptors (Lipinski definition) is 5. The van der Waals surface area contributed by atoms with E-state index in [1.165, 1.54) is 0 Å². The molecule has 2 atom stereocenters. The third-order valence-electron chi connectivity index (χ3n) is 5.63. The molecule has 1 saturated carbocycles. The van der Waals surface area contributed by atoms with Gasteiger partial charge in [-0.3, -0.25) is 14.5 Å². The van der Waals surface area contributed by atoms with Gasteiger partial charge in [0.05, 0.1) is 12.0 Å². The number of nitrogens with zero attached hydrogens (tertiary/aromatic N) is 1. The Morgan fingerprint density at radius 2 is 2.08 bits per heavy atom. The minimum absolute atomic E-state index is 0.101. The number of hydrogen-bond donors (Lipinski definition) is 2. The van der Waals surface area contributed by atoms with Crippen LogP contribution >= 0.6 is 0 Å². The molecule has 25 heavy (non-hydrogen) atoms. The Morgan fingerprint density at radius 1 is 1.28 bits per heavy atom. The summed E-state index contributed by atoms with van der Waals surface area (Å²) in [6.07, 6.45) is 2.90. The van der Waals surface area contributed by atoms with Crippen molar-refractivity contribution in [2.75, 3.05) is 38.2 Å². The number of likely N-dealkylation sites (tertiary alicyclic amines) is 1. The molecule has 0 bridgehead atoms. The summed E-state index contributed by atoms with van der Waals surface area (Å²) in [4.78, 5) is 26.4. The molecular formula is C18H23N3O4. The lowest BCUT2D eigenvalue weighted by molar-refractivity contribution is -0.128. The van der Waals surface area contributed by atoms with Crippen molar-refractivity contribution < 1.29 is 19.1 Å². The van der Waals surface area contributed by atoms with E-state index in [4.69, 9.17) is 15.2 Å². The Hall–Kier alpha value is -2.28. The van der Waals surface area contributed by atoms with Crippen molar-refractivity contribution in [3.8, 4) is 11.5 Å². The molecule has 0 aromatic heterocycles. The molecule has 1 aliphatic carbocycles. The van der Waals surface area contributed by atoms with Crippen LogP contribution in [-0.4, -0.2) is 49.6 Å². The summed E-state index contributed by atoms with van der Waals surface area (Å²) in [5.41, 5.74) is 5.91. The fourth-order valence-corrected chi connectivity index (χ4v) is 4.44. The maximum absolute atomic E-state index is 12.4. The minimum atomic E-state index is -0.433. The molecule has 7 nitrogen and oxygen atoms in total. The van der Waals surface area contributed by atoms with E-state index < -0.39 is 5.41 Å². The van der Waals surface area contributed by atoms with Gasteiger partial charge in [-0.25, -0.2) is 0 Å². The van der Waals surface area contributed by atoms with Crippen LogP contribution in [0.4, 0.5) is 5.69 Å². The lowest BCUT2D eigenvalue weighted by Gasteiger charge is -2.24.